The van der Waals surface area contributed by atoms with Crippen molar-refractivity contribution < 1.29 is 10.2 Å². The average molecular weight is 544 g/mol. The van der Waals surface area contributed by atoms with Crippen LogP contribution in [-0.4, -0.2) is 27.7 Å². The Kier molecular flexibility index (Phi) is 12.1. The third-order valence-corrected chi connectivity index (χ3v) is 8.82. The van der Waals surface area contributed by atoms with Crippen molar-refractivity contribution in [3.05, 3.63) is 95.1 Å². The first kappa shape index (κ1) is 31.7. The molecule has 0 bridgehead atoms. The van der Waals surface area contributed by atoms with Crippen molar-refractivity contribution in [3.8, 4) is 11.5 Å². The lowest BCUT2D eigenvalue weighted by molar-refractivity contribution is 0.206. The zero-order valence-corrected chi connectivity index (χ0v) is 26.0. The highest BCUT2D eigenvalue weighted by Gasteiger charge is 2.27. The molecule has 3 aromatic carbocycles. The quantitative estimate of drug-likeness (QED) is 0.187. The molecule has 0 aliphatic rings. The van der Waals surface area contributed by atoms with Gasteiger partial charge in [0, 0.05) is 12.6 Å². The van der Waals surface area contributed by atoms with E-state index in [1.807, 2.05) is 6.07 Å². The molecule has 218 valence electrons. The highest BCUT2D eigenvalue weighted by molar-refractivity contribution is 5.42. The smallest absolute Gasteiger partial charge is 0.157 e. The number of nitrogens with zero attached hydrogens (tertiary/aromatic N) is 1. The SMILES string of the molecule is CCC(C)N(CC)Cc1ccc(C(CC(C)C)CC(CC(c2ccccc2)C(C)C)c2ccc(O)c(O)c2)cc1. The van der Waals surface area contributed by atoms with Gasteiger partial charge in [0.15, 0.2) is 11.5 Å². The van der Waals surface area contributed by atoms with Gasteiger partial charge in [-0.05, 0) is 103 Å². The van der Waals surface area contributed by atoms with Gasteiger partial charge in [-0.2, -0.15) is 0 Å². The Hall–Kier alpha value is -2.78. The van der Waals surface area contributed by atoms with Crippen LogP contribution in [0.15, 0.2) is 72.8 Å². The fourth-order valence-corrected chi connectivity index (χ4v) is 6.21. The Balaban J connectivity index is 1.93. The molecule has 3 nitrogen and oxygen atoms in total. The van der Waals surface area contributed by atoms with Gasteiger partial charge in [0.1, 0.15) is 0 Å². The highest BCUT2D eigenvalue weighted by atomic mass is 16.3. The largest absolute Gasteiger partial charge is 0.504 e. The minimum Gasteiger partial charge on any atom is -0.504 e. The van der Waals surface area contributed by atoms with Crippen molar-refractivity contribution in [2.45, 2.75) is 104 Å². The molecule has 0 aliphatic heterocycles. The summed E-state index contributed by atoms with van der Waals surface area (Å²) in [7, 11) is 0. The Morgan fingerprint density at radius 2 is 1.27 bits per heavy atom. The maximum Gasteiger partial charge on any atom is 0.157 e. The van der Waals surface area contributed by atoms with Gasteiger partial charge in [-0.15, -0.1) is 0 Å². The minimum atomic E-state index is -0.0567. The number of benzene rings is 3. The Labute approximate surface area is 244 Å². The lowest BCUT2D eigenvalue weighted by atomic mass is 9.74. The monoisotopic (exact) mass is 543 g/mol. The molecule has 0 radical (unpaired) electrons. The van der Waals surface area contributed by atoms with E-state index in [9.17, 15) is 10.2 Å². The van der Waals surface area contributed by atoms with E-state index in [2.05, 4.69) is 108 Å². The first-order valence-electron chi connectivity index (χ1n) is 15.5. The van der Waals surface area contributed by atoms with E-state index in [4.69, 9.17) is 0 Å². The van der Waals surface area contributed by atoms with Crippen molar-refractivity contribution in [2.75, 3.05) is 6.54 Å². The van der Waals surface area contributed by atoms with Gasteiger partial charge in [0.05, 0.1) is 0 Å². The van der Waals surface area contributed by atoms with Crippen LogP contribution in [-0.2, 0) is 6.54 Å². The van der Waals surface area contributed by atoms with Gasteiger partial charge < -0.3 is 10.2 Å². The molecule has 3 rings (SSSR count). The molecule has 0 aliphatic carbocycles. The lowest BCUT2D eigenvalue weighted by Gasteiger charge is -2.31. The molecule has 4 unspecified atom stereocenters. The van der Waals surface area contributed by atoms with Crippen LogP contribution < -0.4 is 0 Å². The summed E-state index contributed by atoms with van der Waals surface area (Å²) in [6, 6.07) is 26.2. The molecule has 0 spiro atoms. The maximum atomic E-state index is 10.4. The minimum absolute atomic E-state index is 0.0325. The number of phenolic OH excluding ortho intramolecular Hbond substituents is 2. The standard InChI is InChI=1S/C37H53NO2/c1-8-28(7)38(9-2)25-29-15-17-30(18-16-29)33(21-26(3)4)22-34(32-19-20-36(39)37(40)24-32)23-35(27(5)6)31-13-11-10-12-14-31/h10-20,24,26-28,33-35,39-40H,8-9,21-23,25H2,1-7H3. The van der Waals surface area contributed by atoms with E-state index < -0.39 is 0 Å². The number of rotatable bonds is 15. The van der Waals surface area contributed by atoms with Crippen molar-refractivity contribution >= 4 is 0 Å². The fraction of sp³-hybridized carbons (Fsp3) is 0.514. The summed E-state index contributed by atoms with van der Waals surface area (Å²) >= 11 is 0. The van der Waals surface area contributed by atoms with Crippen LogP contribution in [0.5, 0.6) is 11.5 Å². The number of aromatic hydroxyl groups is 2. The van der Waals surface area contributed by atoms with Crippen LogP contribution in [0.3, 0.4) is 0 Å². The van der Waals surface area contributed by atoms with Gasteiger partial charge in [-0.1, -0.05) is 102 Å². The van der Waals surface area contributed by atoms with E-state index in [-0.39, 0.29) is 17.4 Å². The van der Waals surface area contributed by atoms with Crippen molar-refractivity contribution in [1.82, 2.24) is 4.90 Å². The summed E-state index contributed by atoms with van der Waals surface area (Å²) in [5, 5.41) is 20.5. The van der Waals surface area contributed by atoms with Crippen molar-refractivity contribution in [3.63, 3.8) is 0 Å². The Bertz CT molecular complexity index is 1140. The molecule has 0 heterocycles. The van der Waals surface area contributed by atoms with Crippen LogP contribution in [0, 0.1) is 11.8 Å². The van der Waals surface area contributed by atoms with Crippen molar-refractivity contribution in [1.29, 1.82) is 0 Å². The third-order valence-electron chi connectivity index (χ3n) is 8.82. The van der Waals surface area contributed by atoms with Gasteiger partial charge >= 0.3 is 0 Å². The van der Waals surface area contributed by atoms with Crippen molar-refractivity contribution in [2.24, 2.45) is 11.8 Å². The molecular formula is C37H53NO2. The number of hydrogen-bond donors (Lipinski definition) is 2. The summed E-state index contributed by atoms with van der Waals surface area (Å²) in [5.74, 6) is 2.05. The predicted octanol–water partition coefficient (Wildman–Crippen LogP) is 9.85. The first-order valence-corrected chi connectivity index (χ1v) is 15.5. The topological polar surface area (TPSA) is 43.7 Å². The third kappa shape index (κ3) is 8.86. The fourth-order valence-electron chi connectivity index (χ4n) is 6.21. The highest BCUT2D eigenvalue weighted by Crippen LogP contribution is 2.43. The van der Waals surface area contributed by atoms with Gasteiger partial charge in [-0.25, -0.2) is 0 Å². The van der Waals surface area contributed by atoms with E-state index >= 15 is 0 Å². The molecule has 4 atom stereocenters. The molecule has 2 N–H and O–H groups in total. The first-order chi connectivity index (χ1) is 19.1. The normalized spacial score (nSPS) is 14.9. The van der Waals surface area contributed by atoms with Crippen LogP contribution in [0.1, 0.15) is 114 Å². The Morgan fingerprint density at radius 1 is 0.650 bits per heavy atom. The van der Waals surface area contributed by atoms with Gasteiger partial charge in [-0.3, -0.25) is 4.90 Å². The van der Waals surface area contributed by atoms with Crippen LogP contribution >= 0.6 is 0 Å². The summed E-state index contributed by atoms with van der Waals surface area (Å²) < 4.78 is 0. The summed E-state index contributed by atoms with van der Waals surface area (Å²) in [6.45, 7) is 18.1. The molecule has 0 aromatic heterocycles. The molecule has 3 heteroatoms. The van der Waals surface area contributed by atoms with Gasteiger partial charge in [0.2, 0.25) is 0 Å². The zero-order chi connectivity index (χ0) is 29.2. The molecule has 0 amide bonds. The molecule has 40 heavy (non-hydrogen) atoms. The number of phenols is 2. The molecule has 3 aromatic rings. The molecule has 0 saturated carbocycles. The second kappa shape index (κ2) is 15.3. The zero-order valence-electron chi connectivity index (χ0n) is 26.0. The number of hydrogen-bond acceptors (Lipinski definition) is 3. The van der Waals surface area contributed by atoms with Gasteiger partial charge in [0.25, 0.3) is 0 Å². The second-order valence-corrected chi connectivity index (χ2v) is 12.6. The van der Waals surface area contributed by atoms with E-state index in [0.29, 0.717) is 29.7 Å². The molecule has 0 fully saturated rings. The molecule has 0 saturated heterocycles. The Morgan fingerprint density at radius 3 is 1.82 bits per heavy atom. The van der Waals surface area contributed by atoms with Crippen LogP contribution in [0.25, 0.3) is 0 Å². The summed E-state index contributed by atoms with van der Waals surface area (Å²) in [6.07, 6.45) is 4.28. The van der Waals surface area contributed by atoms with Crippen LogP contribution in [0.4, 0.5) is 0 Å². The summed E-state index contributed by atoms with van der Waals surface area (Å²) in [5.41, 5.74) is 5.25. The second-order valence-electron chi connectivity index (χ2n) is 12.6. The summed E-state index contributed by atoms with van der Waals surface area (Å²) in [4.78, 5) is 2.55. The lowest BCUT2D eigenvalue weighted by Crippen LogP contribution is -2.31. The molecular weight excluding hydrogens is 490 g/mol. The van der Waals surface area contributed by atoms with Crippen LogP contribution in [0.2, 0.25) is 0 Å². The van der Waals surface area contributed by atoms with E-state index in [0.717, 1.165) is 44.3 Å². The van der Waals surface area contributed by atoms with E-state index in [1.165, 1.54) is 16.7 Å². The predicted molar refractivity (Wildman–Crippen MR) is 170 cm³/mol. The maximum absolute atomic E-state index is 10.4. The average Bonchev–Trinajstić information content (AvgIpc) is 2.94. The van der Waals surface area contributed by atoms with E-state index in [1.54, 1.807) is 12.1 Å².